The number of hydrogen-bond acceptors (Lipinski definition) is 3. The summed E-state index contributed by atoms with van der Waals surface area (Å²) in [6.07, 6.45) is 0. The molecular formula is C20H28N4O2S. The first kappa shape index (κ1) is 20.9. The van der Waals surface area contributed by atoms with Crippen molar-refractivity contribution in [3.05, 3.63) is 64.7 Å². The molecule has 0 fully saturated rings. The van der Waals surface area contributed by atoms with Crippen LogP contribution in [0, 0.1) is 13.8 Å². The van der Waals surface area contributed by atoms with Gasteiger partial charge in [-0.1, -0.05) is 35.9 Å². The van der Waals surface area contributed by atoms with Crippen LogP contribution in [0.1, 0.15) is 29.2 Å². The van der Waals surface area contributed by atoms with E-state index in [1.54, 1.807) is 24.3 Å². The van der Waals surface area contributed by atoms with E-state index in [-0.39, 0.29) is 4.90 Å². The van der Waals surface area contributed by atoms with E-state index < -0.39 is 10.0 Å². The Hall–Kier alpha value is -2.38. The van der Waals surface area contributed by atoms with E-state index in [0.29, 0.717) is 13.1 Å². The fourth-order valence-corrected chi connectivity index (χ4v) is 3.36. The Bertz CT molecular complexity index is 891. The van der Waals surface area contributed by atoms with E-state index in [0.717, 1.165) is 18.1 Å². The zero-order valence-corrected chi connectivity index (χ0v) is 17.2. The Labute approximate surface area is 162 Å². The van der Waals surface area contributed by atoms with Crippen molar-refractivity contribution in [1.82, 2.24) is 15.4 Å². The van der Waals surface area contributed by atoms with E-state index in [9.17, 15) is 8.42 Å². The quantitative estimate of drug-likeness (QED) is 0.503. The van der Waals surface area contributed by atoms with Gasteiger partial charge in [0.05, 0.1) is 11.4 Å². The predicted molar refractivity (Wildman–Crippen MR) is 110 cm³/mol. The van der Waals surface area contributed by atoms with Crippen LogP contribution >= 0.6 is 0 Å². The Morgan fingerprint density at radius 2 is 1.74 bits per heavy atom. The smallest absolute Gasteiger partial charge is 0.240 e. The molecule has 0 atom stereocenters. The van der Waals surface area contributed by atoms with Crippen molar-refractivity contribution >= 4 is 16.0 Å². The number of aryl methyl sites for hydroxylation is 2. The average Bonchev–Trinajstić information content (AvgIpc) is 2.65. The second kappa shape index (κ2) is 9.53. The molecule has 2 rings (SSSR count). The molecule has 0 saturated carbocycles. The van der Waals surface area contributed by atoms with Gasteiger partial charge in [-0.25, -0.2) is 18.1 Å². The van der Waals surface area contributed by atoms with Crippen molar-refractivity contribution in [2.75, 3.05) is 13.6 Å². The molecule has 0 aromatic heterocycles. The highest BCUT2D eigenvalue weighted by Crippen LogP contribution is 2.12. The summed E-state index contributed by atoms with van der Waals surface area (Å²) in [5.41, 5.74) is 4.67. The molecule has 2 aromatic carbocycles. The van der Waals surface area contributed by atoms with Crippen LogP contribution in [-0.4, -0.2) is 28.0 Å². The first-order valence-corrected chi connectivity index (χ1v) is 10.4. The van der Waals surface area contributed by atoms with E-state index in [2.05, 4.69) is 52.4 Å². The molecule has 0 radical (unpaired) electrons. The molecule has 0 heterocycles. The van der Waals surface area contributed by atoms with Crippen LogP contribution in [0.3, 0.4) is 0 Å². The van der Waals surface area contributed by atoms with Gasteiger partial charge >= 0.3 is 0 Å². The molecule has 146 valence electrons. The summed E-state index contributed by atoms with van der Waals surface area (Å²) >= 11 is 0. The van der Waals surface area contributed by atoms with Gasteiger partial charge in [0.2, 0.25) is 10.0 Å². The van der Waals surface area contributed by atoms with Crippen molar-refractivity contribution in [2.45, 2.75) is 38.8 Å². The first-order valence-electron chi connectivity index (χ1n) is 8.96. The van der Waals surface area contributed by atoms with Crippen LogP contribution in [0.2, 0.25) is 0 Å². The molecule has 0 aliphatic rings. The molecule has 7 heteroatoms. The molecule has 3 N–H and O–H groups in total. The number of nitrogens with one attached hydrogen (secondary N) is 3. The Morgan fingerprint density at radius 1 is 1.04 bits per heavy atom. The van der Waals surface area contributed by atoms with Crippen molar-refractivity contribution in [3.63, 3.8) is 0 Å². The van der Waals surface area contributed by atoms with Crippen LogP contribution in [0.4, 0.5) is 0 Å². The highest BCUT2D eigenvalue weighted by Gasteiger charge is 2.10. The van der Waals surface area contributed by atoms with Gasteiger partial charge in [-0.3, -0.25) is 0 Å². The number of sulfonamides is 1. The average molecular weight is 389 g/mol. The second-order valence-corrected chi connectivity index (χ2v) is 8.22. The lowest BCUT2D eigenvalue weighted by molar-refractivity contribution is 0.588. The van der Waals surface area contributed by atoms with E-state index in [4.69, 9.17) is 0 Å². The number of hydrogen-bond donors (Lipinski definition) is 3. The molecule has 27 heavy (non-hydrogen) atoms. The van der Waals surface area contributed by atoms with Gasteiger partial charge in [0.15, 0.2) is 5.96 Å². The molecular weight excluding hydrogens is 360 g/mol. The highest BCUT2D eigenvalue weighted by molar-refractivity contribution is 7.89. The second-order valence-electron chi connectivity index (χ2n) is 6.33. The highest BCUT2D eigenvalue weighted by atomic mass is 32.2. The minimum atomic E-state index is -3.41. The number of nitrogens with zero attached hydrogens (tertiary/aromatic N) is 1. The van der Waals surface area contributed by atoms with E-state index in [1.807, 2.05) is 6.92 Å². The molecule has 0 aliphatic carbocycles. The van der Waals surface area contributed by atoms with Gasteiger partial charge in [-0.2, -0.15) is 0 Å². The fourth-order valence-electron chi connectivity index (χ4n) is 2.63. The zero-order valence-electron chi connectivity index (χ0n) is 16.3. The van der Waals surface area contributed by atoms with Crippen LogP contribution in [0.5, 0.6) is 0 Å². The summed E-state index contributed by atoms with van der Waals surface area (Å²) < 4.78 is 25.9. The fraction of sp³-hybridized carbons (Fsp3) is 0.350. The van der Waals surface area contributed by atoms with Gasteiger partial charge in [0.1, 0.15) is 0 Å². The Morgan fingerprint density at radius 3 is 2.33 bits per heavy atom. The summed E-state index contributed by atoms with van der Waals surface area (Å²) in [7, 11) is -2.01. The minimum absolute atomic E-state index is 0.248. The lowest BCUT2D eigenvalue weighted by atomic mass is 10.1. The molecule has 0 bridgehead atoms. The predicted octanol–water partition coefficient (Wildman–Crippen LogP) is 2.47. The lowest BCUT2D eigenvalue weighted by Gasteiger charge is -2.13. The maximum atomic E-state index is 11.8. The molecule has 6 nitrogen and oxygen atoms in total. The maximum absolute atomic E-state index is 11.8. The van der Waals surface area contributed by atoms with Gasteiger partial charge in [0, 0.05) is 13.1 Å². The largest absolute Gasteiger partial charge is 0.357 e. The first-order chi connectivity index (χ1) is 12.9. The molecule has 0 spiro atoms. The standard InChI is InChI=1S/C20H28N4O2S/c1-5-22-20(24-14-18-9-6-15(2)12-16(18)3)23-13-17-7-10-19(11-8-17)27(25,26)21-4/h6-12,21H,5,13-14H2,1-4H3,(H2,22,23,24). The molecule has 0 unspecified atom stereocenters. The third-order valence-electron chi connectivity index (χ3n) is 4.21. The van der Waals surface area contributed by atoms with Crippen molar-refractivity contribution in [2.24, 2.45) is 4.99 Å². The van der Waals surface area contributed by atoms with E-state index >= 15 is 0 Å². The van der Waals surface area contributed by atoms with Crippen LogP contribution < -0.4 is 15.4 Å². The summed E-state index contributed by atoms with van der Waals surface area (Å²) in [6, 6.07) is 13.1. The van der Waals surface area contributed by atoms with Crippen LogP contribution in [-0.2, 0) is 23.1 Å². The number of benzene rings is 2. The normalized spacial score (nSPS) is 12.1. The zero-order chi connectivity index (χ0) is 19.9. The number of rotatable bonds is 7. The lowest BCUT2D eigenvalue weighted by Crippen LogP contribution is -2.36. The Balaban J connectivity index is 2.04. The van der Waals surface area contributed by atoms with Crippen molar-refractivity contribution < 1.29 is 8.42 Å². The summed E-state index contributed by atoms with van der Waals surface area (Å²) in [4.78, 5) is 4.84. The Kier molecular flexibility index (Phi) is 7.38. The summed E-state index contributed by atoms with van der Waals surface area (Å²) in [6.45, 7) is 8.13. The van der Waals surface area contributed by atoms with Gasteiger partial charge < -0.3 is 10.6 Å². The number of aliphatic imine (C=N–C) groups is 1. The van der Waals surface area contributed by atoms with Gasteiger partial charge in [-0.15, -0.1) is 0 Å². The van der Waals surface area contributed by atoms with Crippen molar-refractivity contribution in [1.29, 1.82) is 0 Å². The monoisotopic (exact) mass is 388 g/mol. The number of guanidine groups is 1. The third-order valence-corrected chi connectivity index (χ3v) is 5.64. The molecule has 0 aliphatic heterocycles. The van der Waals surface area contributed by atoms with Gasteiger partial charge in [-0.05, 0) is 56.6 Å². The SMILES string of the molecule is CCNC(=NCc1ccc(S(=O)(=O)NC)cc1)NCc1ccc(C)cc1C. The van der Waals surface area contributed by atoms with Gasteiger partial charge in [0.25, 0.3) is 0 Å². The van der Waals surface area contributed by atoms with E-state index in [1.165, 1.54) is 23.7 Å². The summed E-state index contributed by atoms with van der Waals surface area (Å²) in [5.74, 6) is 0.726. The molecule has 0 saturated heterocycles. The third kappa shape index (κ3) is 6.08. The molecule has 0 amide bonds. The van der Waals surface area contributed by atoms with Crippen LogP contribution in [0.15, 0.2) is 52.4 Å². The van der Waals surface area contributed by atoms with Crippen LogP contribution in [0.25, 0.3) is 0 Å². The maximum Gasteiger partial charge on any atom is 0.240 e. The minimum Gasteiger partial charge on any atom is -0.357 e. The topological polar surface area (TPSA) is 82.6 Å². The molecule has 2 aromatic rings. The summed E-state index contributed by atoms with van der Waals surface area (Å²) in [5, 5.41) is 6.58. The van der Waals surface area contributed by atoms with Crippen molar-refractivity contribution in [3.8, 4) is 0 Å².